The monoisotopic (exact) mass is 345 g/mol. The molecule has 1 N–H and O–H groups in total. The minimum Gasteiger partial charge on any atom is -0.495 e. The van der Waals surface area contributed by atoms with Crippen LogP contribution in [0.1, 0.15) is 5.56 Å². The fourth-order valence-electron chi connectivity index (χ4n) is 3.27. The maximum atomic E-state index is 12.8. The van der Waals surface area contributed by atoms with Gasteiger partial charge in [-0.05, 0) is 59.5 Å². The number of anilines is 2. The molecule has 1 aliphatic heterocycles. The smallest absolute Gasteiger partial charge is 0.326 e. The number of benzene rings is 2. The van der Waals surface area contributed by atoms with Crippen LogP contribution in [0, 0.1) is 0 Å². The molecule has 0 radical (unpaired) electrons. The number of ether oxygens (including phenoxy) is 1. The zero-order chi connectivity index (χ0) is 17.9. The van der Waals surface area contributed by atoms with Crippen molar-refractivity contribution in [1.82, 2.24) is 4.98 Å². The lowest BCUT2D eigenvalue weighted by Crippen LogP contribution is -2.33. The highest BCUT2D eigenvalue weighted by atomic mass is 16.5. The Kier molecular flexibility index (Phi) is 4.27. The average Bonchev–Trinajstić information content (AvgIpc) is 3.12. The van der Waals surface area contributed by atoms with Crippen molar-refractivity contribution in [1.29, 1.82) is 0 Å². The lowest BCUT2D eigenvalue weighted by molar-refractivity contribution is 0.257. The molecular weight excluding hydrogens is 326 g/mol. The van der Waals surface area contributed by atoms with Gasteiger partial charge in [0.2, 0.25) is 0 Å². The van der Waals surface area contributed by atoms with Crippen LogP contribution in [0.5, 0.6) is 5.75 Å². The van der Waals surface area contributed by atoms with Crippen LogP contribution in [-0.4, -0.2) is 24.7 Å². The van der Waals surface area contributed by atoms with Crippen LogP contribution in [-0.2, 0) is 6.42 Å². The molecule has 5 heteroatoms. The van der Waals surface area contributed by atoms with E-state index in [9.17, 15) is 4.79 Å². The van der Waals surface area contributed by atoms with Crippen LogP contribution in [0.15, 0.2) is 67.0 Å². The number of carbonyl (C=O) groups excluding carboxylic acids is 1. The first-order valence-electron chi connectivity index (χ1n) is 8.51. The molecule has 4 rings (SSSR count). The van der Waals surface area contributed by atoms with Crippen molar-refractivity contribution in [3.63, 3.8) is 0 Å². The second kappa shape index (κ2) is 6.88. The SMILES string of the molecule is COc1ccccc1NC(=O)N1CCc2cc(-c3ccncc3)ccc21. The van der Waals surface area contributed by atoms with Crippen LogP contribution < -0.4 is 15.0 Å². The zero-order valence-corrected chi connectivity index (χ0v) is 14.5. The molecule has 1 aromatic heterocycles. The summed E-state index contributed by atoms with van der Waals surface area (Å²) in [6, 6.07) is 17.5. The van der Waals surface area contributed by atoms with E-state index in [1.54, 1.807) is 24.4 Å². The summed E-state index contributed by atoms with van der Waals surface area (Å²) in [5, 5.41) is 2.94. The average molecular weight is 345 g/mol. The molecule has 2 amide bonds. The van der Waals surface area contributed by atoms with E-state index < -0.39 is 0 Å². The molecule has 0 atom stereocenters. The fraction of sp³-hybridized carbons (Fsp3) is 0.143. The van der Waals surface area contributed by atoms with Gasteiger partial charge >= 0.3 is 6.03 Å². The molecule has 5 nitrogen and oxygen atoms in total. The molecule has 1 aliphatic rings. The number of carbonyl (C=O) groups is 1. The minimum atomic E-state index is -0.148. The van der Waals surface area contributed by atoms with Gasteiger partial charge in [-0.15, -0.1) is 0 Å². The van der Waals surface area contributed by atoms with Gasteiger partial charge in [0.05, 0.1) is 12.8 Å². The molecule has 26 heavy (non-hydrogen) atoms. The van der Waals surface area contributed by atoms with Crippen molar-refractivity contribution >= 4 is 17.4 Å². The molecule has 0 saturated carbocycles. The van der Waals surface area contributed by atoms with Crippen molar-refractivity contribution in [3.05, 3.63) is 72.6 Å². The van der Waals surface area contributed by atoms with Crippen molar-refractivity contribution in [2.24, 2.45) is 0 Å². The highest BCUT2D eigenvalue weighted by Crippen LogP contribution is 2.33. The van der Waals surface area contributed by atoms with E-state index in [2.05, 4.69) is 16.4 Å². The third kappa shape index (κ3) is 2.99. The number of fused-ring (bicyclic) bond motifs is 1. The summed E-state index contributed by atoms with van der Waals surface area (Å²) in [5.41, 5.74) is 5.06. The highest BCUT2D eigenvalue weighted by Gasteiger charge is 2.25. The van der Waals surface area contributed by atoms with Crippen LogP contribution in [0.4, 0.5) is 16.2 Å². The summed E-state index contributed by atoms with van der Waals surface area (Å²) >= 11 is 0. The Morgan fingerprint density at radius 1 is 1.08 bits per heavy atom. The topological polar surface area (TPSA) is 54.5 Å². The summed E-state index contributed by atoms with van der Waals surface area (Å²) in [5.74, 6) is 0.647. The number of rotatable bonds is 3. The van der Waals surface area contributed by atoms with E-state index in [1.807, 2.05) is 48.5 Å². The molecule has 0 aliphatic carbocycles. The number of urea groups is 1. The predicted molar refractivity (Wildman–Crippen MR) is 103 cm³/mol. The summed E-state index contributed by atoms with van der Waals surface area (Å²) in [6.45, 7) is 0.663. The van der Waals surface area contributed by atoms with Gasteiger partial charge < -0.3 is 10.1 Å². The minimum absolute atomic E-state index is 0.148. The number of para-hydroxylation sites is 2. The van der Waals surface area contributed by atoms with Crippen LogP contribution >= 0.6 is 0 Å². The molecule has 0 spiro atoms. The van der Waals surface area contributed by atoms with E-state index in [0.717, 1.165) is 23.2 Å². The quantitative estimate of drug-likeness (QED) is 0.768. The van der Waals surface area contributed by atoms with E-state index in [1.165, 1.54) is 5.56 Å². The Balaban J connectivity index is 1.57. The first-order chi connectivity index (χ1) is 12.8. The summed E-state index contributed by atoms with van der Waals surface area (Å²) in [6.07, 6.45) is 4.42. The van der Waals surface area contributed by atoms with Crippen molar-refractivity contribution in [2.75, 3.05) is 23.9 Å². The molecule has 130 valence electrons. The number of nitrogens with one attached hydrogen (secondary N) is 1. The van der Waals surface area contributed by atoms with Gasteiger partial charge in [0.25, 0.3) is 0 Å². The molecule has 0 saturated heterocycles. The van der Waals surface area contributed by atoms with E-state index in [0.29, 0.717) is 18.0 Å². The largest absolute Gasteiger partial charge is 0.495 e. The van der Waals surface area contributed by atoms with E-state index in [-0.39, 0.29) is 6.03 Å². The molecular formula is C21H19N3O2. The predicted octanol–water partition coefficient (Wildman–Crippen LogP) is 4.35. The summed E-state index contributed by atoms with van der Waals surface area (Å²) < 4.78 is 5.30. The molecule has 2 heterocycles. The number of pyridine rings is 1. The number of hydrogen-bond donors (Lipinski definition) is 1. The van der Waals surface area contributed by atoms with E-state index in [4.69, 9.17) is 4.74 Å². The van der Waals surface area contributed by atoms with Crippen LogP contribution in [0.3, 0.4) is 0 Å². The lowest BCUT2D eigenvalue weighted by atomic mass is 10.0. The molecule has 0 bridgehead atoms. The van der Waals surface area contributed by atoms with Gasteiger partial charge in [-0.1, -0.05) is 18.2 Å². The van der Waals surface area contributed by atoms with Gasteiger partial charge in [-0.25, -0.2) is 4.79 Å². The van der Waals surface area contributed by atoms with Crippen LogP contribution in [0.2, 0.25) is 0 Å². The molecule has 2 aromatic carbocycles. The zero-order valence-electron chi connectivity index (χ0n) is 14.5. The Labute approximate surface area is 152 Å². The fourth-order valence-corrected chi connectivity index (χ4v) is 3.27. The molecule has 3 aromatic rings. The van der Waals surface area contributed by atoms with Gasteiger partial charge in [-0.3, -0.25) is 9.88 Å². The van der Waals surface area contributed by atoms with Gasteiger partial charge in [0.1, 0.15) is 5.75 Å². The van der Waals surface area contributed by atoms with E-state index >= 15 is 0 Å². The normalized spacial score (nSPS) is 12.6. The number of methoxy groups -OCH3 is 1. The number of hydrogen-bond acceptors (Lipinski definition) is 3. The Morgan fingerprint density at radius 2 is 1.88 bits per heavy atom. The molecule has 0 fully saturated rings. The first-order valence-corrected chi connectivity index (χ1v) is 8.51. The number of nitrogens with zero attached hydrogens (tertiary/aromatic N) is 2. The third-order valence-corrected chi connectivity index (χ3v) is 4.58. The standard InChI is InChI=1S/C21H19N3O2/c1-26-20-5-3-2-4-18(20)23-21(25)24-13-10-17-14-16(6-7-19(17)24)15-8-11-22-12-9-15/h2-9,11-12,14H,10,13H2,1H3,(H,23,25). The van der Waals surface area contributed by atoms with Gasteiger partial charge in [-0.2, -0.15) is 0 Å². The Bertz CT molecular complexity index is 941. The van der Waals surface area contributed by atoms with Crippen molar-refractivity contribution < 1.29 is 9.53 Å². The second-order valence-electron chi connectivity index (χ2n) is 6.11. The first kappa shape index (κ1) is 16.1. The summed E-state index contributed by atoms with van der Waals surface area (Å²) in [7, 11) is 1.59. The second-order valence-corrected chi connectivity index (χ2v) is 6.11. The third-order valence-electron chi connectivity index (χ3n) is 4.58. The highest BCUT2D eigenvalue weighted by molar-refractivity contribution is 6.04. The lowest BCUT2D eigenvalue weighted by Gasteiger charge is -2.19. The summed E-state index contributed by atoms with van der Waals surface area (Å²) in [4.78, 5) is 18.6. The maximum Gasteiger partial charge on any atom is 0.326 e. The Morgan fingerprint density at radius 3 is 2.69 bits per heavy atom. The van der Waals surface area contributed by atoms with Crippen molar-refractivity contribution in [3.8, 4) is 16.9 Å². The maximum absolute atomic E-state index is 12.8. The van der Waals surface area contributed by atoms with Crippen LogP contribution in [0.25, 0.3) is 11.1 Å². The number of aromatic nitrogens is 1. The molecule has 0 unspecified atom stereocenters. The van der Waals surface area contributed by atoms with Crippen molar-refractivity contribution in [2.45, 2.75) is 6.42 Å². The number of amides is 2. The van der Waals surface area contributed by atoms with Gasteiger partial charge in [0, 0.05) is 24.6 Å². The Hall–Kier alpha value is -3.34. The van der Waals surface area contributed by atoms with Gasteiger partial charge in [0.15, 0.2) is 0 Å².